The molecule has 0 radical (unpaired) electrons. The maximum absolute atomic E-state index is 10.1. The van der Waals surface area contributed by atoms with Gasteiger partial charge < -0.3 is 4.74 Å². The number of benzene rings is 1. The highest BCUT2D eigenvalue weighted by molar-refractivity contribution is 5.62. The van der Waals surface area contributed by atoms with E-state index in [0.29, 0.717) is 17.0 Å². The highest BCUT2D eigenvalue weighted by atomic mass is 16.6. The molecule has 5 heteroatoms. The second-order valence-corrected chi connectivity index (χ2v) is 2.69. The molecule has 1 rings (SSSR count). The zero-order valence-corrected chi connectivity index (χ0v) is 8.21. The largest absolute Gasteiger partial charge is 0.494 e. The second-order valence-electron chi connectivity index (χ2n) is 2.69. The summed E-state index contributed by atoms with van der Waals surface area (Å²) in [5.41, 5.74) is 1.28. The average Bonchev–Trinajstić information content (AvgIpc) is 2.25. The molecular formula is C10H10N2O3. The van der Waals surface area contributed by atoms with Crippen molar-refractivity contribution < 1.29 is 9.66 Å². The molecule has 0 fully saturated rings. The minimum absolute atomic E-state index is 0.522. The minimum Gasteiger partial charge on any atom is -0.494 e. The lowest BCUT2D eigenvalue weighted by Crippen LogP contribution is -1.86. The van der Waals surface area contributed by atoms with Crippen molar-refractivity contribution in [3.63, 3.8) is 0 Å². The summed E-state index contributed by atoms with van der Waals surface area (Å²) in [5, 5.41) is 10.1. The van der Waals surface area contributed by atoms with Crippen LogP contribution in [0.15, 0.2) is 29.4 Å². The van der Waals surface area contributed by atoms with Gasteiger partial charge in [0.05, 0.1) is 12.0 Å². The summed E-state index contributed by atoms with van der Waals surface area (Å²) >= 11 is 0. The van der Waals surface area contributed by atoms with Crippen LogP contribution in [-0.4, -0.2) is 18.8 Å². The van der Waals surface area contributed by atoms with Crippen molar-refractivity contribution in [1.82, 2.24) is 0 Å². The molecule has 1 aromatic carbocycles. The van der Waals surface area contributed by atoms with Crippen LogP contribution in [0.2, 0.25) is 0 Å². The molecule has 15 heavy (non-hydrogen) atoms. The van der Waals surface area contributed by atoms with Gasteiger partial charge in [0.15, 0.2) is 0 Å². The van der Waals surface area contributed by atoms with E-state index in [4.69, 9.17) is 4.74 Å². The van der Waals surface area contributed by atoms with E-state index < -0.39 is 4.92 Å². The van der Waals surface area contributed by atoms with E-state index in [-0.39, 0.29) is 0 Å². The molecule has 0 atom stereocenters. The van der Waals surface area contributed by atoms with E-state index in [2.05, 4.69) is 11.7 Å². The molecular weight excluding hydrogens is 196 g/mol. The van der Waals surface area contributed by atoms with E-state index in [9.17, 15) is 10.1 Å². The van der Waals surface area contributed by atoms with Gasteiger partial charge in [0, 0.05) is 6.08 Å². The van der Waals surface area contributed by atoms with Crippen LogP contribution in [0, 0.1) is 10.1 Å². The van der Waals surface area contributed by atoms with Gasteiger partial charge in [0.25, 0.3) is 0 Å². The van der Waals surface area contributed by atoms with Gasteiger partial charge in [-0.2, -0.15) is 0 Å². The molecule has 1 aromatic rings. The monoisotopic (exact) mass is 206 g/mol. The van der Waals surface area contributed by atoms with Crippen molar-refractivity contribution in [1.29, 1.82) is 0 Å². The predicted octanol–water partition coefficient (Wildman–Crippen LogP) is 2.27. The Balaban J connectivity index is 3.03. The Kier molecular flexibility index (Phi) is 3.56. The summed E-state index contributed by atoms with van der Waals surface area (Å²) in [7, 11) is 1.50. The Morgan fingerprint density at radius 2 is 2.33 bits per heavy atom. The van der Waals surface area contributed by atoms with Crippen molar-refractivity contribution in [3.8, 4) is 5.75 Å². The smallest absolute Gasteiger partial charge is 0.235 e. The maximum atomic E-state index is 10.1. The van der Waals surface area contributed by atoms with E-state index in [0.717, 1.165) is 6.20 Å². The third-order valence-electron chi connectivity index (χ3n) is 1.76. The van der Waals surface area contributed by atoms with Gasteiger partial charge in [0.1, 0.15) is 11.4 Å². The summed E-state index contributed by atoms with van der Waals surface area (Å²) in [6.07, 6.45) is 2.26. The van der Waals surface area contributed by atoms with Crippen LogP contribution in [-0.2, 0) is 0 Å². The SMILES string of the molecule is C=Nc1ccc(/C=C/[N+](=O)[O-])cc1OC. The van der Waals surface area contributed by atoms with Crippen molar-refractivity contribution >= 4 is 18.5 Å². The van der Waals surface area contributed by atoms with Gasteiger partial charge in [-0.05, 0) is 24.4 Å². The van der Waals surface area contributed by atoms with Crippen LogP contribution in [0.1, 0.15) is 5.56 Å². The number of methoxy groups -OCH3 is 1. The Bertz CT molecular complexity index is 413. The Morgan fingerprint density at radius 3 is 2.87 bits per heavy atom. The Labute approximate surface area is 86.9 Å². The summed E-state index contributed by atoms with van der Waals surface area (Å²) < 4.78 is 5.05. The van der Waals surface area contributed by atoms with Crippen molar-refractivity contribution in [2.45, 2.75) is 0 Å². The van der Waals surface area contributed by atoms with Crippen LogP contribution in [0.3, 0.4) is 0 Å². The predicted molar refractivity (Wildman–Crippen MR) is 58.2 cm³/mol. The lowest BCUT2D eigenvalue weighted by molar-refractivity contribution is -0.400. The molecule has 78 valence electrons. The first-order valence-electron chi connectivity index (χ1n) is 4.14. The molecule has 0 unspecified atom stereocenters. The first kappa shape index (κ1) is 10.9. The van der Waals surface area contributed by atoms with Crippen LogP contribution >= 0.6 is 0 Å². The van der Waals surface area contributed by atoms with Gasteiger partial charge in [-0.25, -0.2) is 0 Å². The fourth-order valence-corrected chi connectivity index (χ4v) is 1.08. The molecule has 0 aromatic heterocycles. The van der Waals surface area contributed by atoms with Gasteiger partial charge in [0.2, 0.25) is 6.20 Å². The quantitative estimate of drug-likeness (QED) is 0.431. The van der Waals surface area contributed by atoms with Crippen molar-refractivity contribution in [2.75, 3.05) is 7.11 Å². The zero-order chi connectivity index (χ0) is 11.3. The van der Waals surface area contributed by atoms with Gasteiger partial charge in [-0.15, -0.1) is 0 Å². The minimum atomic E-state index is -0.522. The third-order valence-corrected chi connectivity index (χ3v) is 1.76. The van der Waals surface area contributed by atoms with Crippen LogP contribution in [0.5, 0.6) is 5.75 Å². The summed E-state index contributed by atoms with van der Waals surface area (Å²) in [6, 6.07) is 5.04. The highest BCUT2D eigenvalue weighted by Crippen LogP contribution is 2.28. The third kappa shape index (κ3) is 2.91. The molecule has 0 amide bonds. The molecule has 0 spiro atoms. The zero-order valence-electron chi connectivity index (χ0n) is 8.21. The molecule has 5 nitrogen and oxygen atoms in total. The Hall–Kier alpha value is -2.17. The fourth-order valence-electron chi connectivity index (χ4n) is 1.08. The standard InChI is InChI=1S/C10H10N2O3/c1-11-9-4-3-8(5-6-12(13)14)7-10(9)15-2/h3-7H,1H2,2H3/b6-5+. The van der Waals surface area contributed by atoms with E-state index in [1.807, 2.05) is 0 Å². The number of hydrogen-bond acceptors (Lipinski definition) is 4. The molecule has 0 aliphatic heterocycles. The van der Waals surface area contributed by atoms with Crippen LogP contribution < -0.4 is 4.74 Å². The molecule has 0 aliphatic carbocycles. The summed E-state index contributed by atoms with van der Waals surface area (Å²) in [5.74, 6) is 0.537. The molecule has 0 saturated heterocycles. The fraction of sp³-hybridized carbons (Fsp3) is 0.100. The topological polar surface area (TPSA) is 64.7 Å². The first-order valence-corrected chi connectivity index (χ1v) is 4.14. The number of aliphatic imine (C=N–C) groups is 1. The Morgan fingerprint density at radius 1 is 1.60 bits per heavy atom. The van der Waals surface area contributed by atoms with Crippen molar-refractivity contribution in [3.05, 3.63) is 40.1 Å². The molecule has 0 heterocycles. The summed E-state index contributed by atoms with van der Waals surface area (Å²) in [6.45, 7) is 3.39. The first-order chi connectivity index (χ1) is 7.17. The van der Waals surface area contributed by atoms with E-state index >= 15 is 0 Å². The highest BCUT2D eigenvalue weighted by Gasteiger charge is 2.01. The molecule has 0 bridgehead atoms. The molecule has 0 N–H and O–H groups in total. The van der Waals surface area contributed by atoms with E-state index in [1.54, 1.807) is 18.2 Å². The average molecular weight is 206 g/mol. The second kappa shape index (κ2) is 4.90. The van der Waals surface area contributed by atoms with Crippen molar-refractivity contribution in [2.24, 2.45) is 4.99 Å². The number of hydrogen-bond donors (Lipinski definition) is 0. The lowest BCUT2D eigenvalue weighted by Gasteiger charge is -2.03. The van der Waals surface area contributed by atoms with Crippen LogP contribution in [0.4, 0.5) is 5.69 Å². The number of nitro groups is 1. The number of ether oxygens (including phenoxy) is 1. The normalized spacial score (nSPS) is 10.2. The van der Waals surface area contributed by atoms with Gasteiger partial charge in [-0.1, -0.05) is 6.07 Å². The molecule has 0 aliphatic rings. The number of nitrogens with zero attached hydrogens (tertiary/aromatic N) is 2. The van der Waals surface area contributed by atoms with Gasteiger partial charge in [-0.3, -0.25) is 15.1 Å². The lowest BCUT2D eigenvalue weighted by atomic mass is 10.2. The van der Waals surface area contributed by atoms with E-state index in [1.165, 1.54) is 13.2 Å². The van der Waals surface area contributed by atoms with Gasteiger partial charge >= 0.3 is 0 Å². The van der Waals surface area contributed by atoms with Crippen LogP contribution in [0.25, 0.3) is 6.08 Å². The molecule has 0 saturated carbocycles. The maximum Gasteiger partial charge on any atom is 0.235 e. The number of rotatable bonds is 4. The summed E-state index contributed by atoms with van der Waals surface area (Å²) in [4.78, 5) is 13.3.